The summed E-state index contributed by atoms with van der Waals surface area (Å²) in [6.45, 7) is 5.63. The minimum Gasteiger partial charge on any atom is -0.434 e. The summed E-state index contributed by atoms with van der Waals surface area (Å²) in [7, 11) is 0. The number of rotatable bonds is 4. The average molecular weight is 596 g/mol. The van der Waals surface area contributed by atoms with Crippen molar-refractivity contribution in [2.24, 2.45) is 5.41 Å². The van der Waals surface area contributed by atoms with Crippen LogP contribution in [0.5, 0.6) is 0 Å². The summed E-state index contributed by atoms with van der Waals surface area (Å²) >= 11 is 19.7. The van der Waals surface area contributed by atoms with Crippen LogP contribution in [0.3, 0.4) is 0 Å². The number of pyridine rings is 1. The molecule has 0 fully saturated rings. The first kappa shape index (κ1) is 23.5. The fourth-order valence-corrected chi connectivity index (χ4v) is 4.91. The predicted octanol–water partition coefficient (Wildman–Crippen LogP) is 9.35. The van der Waals surface area contributed by atoms with Crippen LogP contribution in [0.2, 0.25) is 10.0 Å². The van der Waals surface area contributed by atoms with Crippen LogP contribution in [0.15, 0.2) is 57.4 Å². The largest absolute Gasteiger partial charge is 0.434 e. The van der Waals surface area contributed by atoms with E-state index in [1.165, 1.54) is 0 Å². The number of furan rings is 1. The fraction of sp³-hybridized carbons (Fsp3) is 0.200. The molecule has 0 atom stereocenters. The van der Waals surface area contributed by atoms with Crippen LogP contribution >= 0.6 is 55.1 Å². The van der Waals surface area contributed by atoms with Crippen LogP contribution in [0.25, 0.3) is 33.5 Å². The molecule has 0 aliphatic carbocycles. The first-order chi connectivity index (χ1) is 15.1. The fourth-order valence-electron chi connectivity index (χ4n) is 3.46. The lowest BCUT2D eigenvalue weighted by atomic mass is 9.88. The van der Waals surface area contributed by atoms with Gasteiger partial charge >= 0.3 is 0 Å². The van der Waals surface area contributed by atoms with Crippen LogP contribution in [0.4, 0.5) is 0 Å². The third-order valence-electron chi connectivity index (χ3n) is 5.15. The van der Waals surface area contributed by atoms with Gasteiger partial charge in [0.05, 0.1) is 10.7 Å². The Morgan fingerprint density at radius 1 is 1.03 bits per heavy atom. The van der Waals surface area contributed by atoms with E-state index in [9.17, 15) is 4.79 Å². The Labute approximate surface area is 213 Å². The third-order valence-corrected chi connectivity index (χ3v) is 6.77. The maximum Gasteiger partial charge on any atom is 0.227 e. The highest BCUT2D eigenvalue weighted by molar-refractivity contribution is 9.10. The molecule has 4 rings (SSSR count). The van der Waals surface area contributed by atoms with Crippen LogP contribution < -0.4 is 0 Å². The Morgan fingerprint density at radius 2 is 1.72 bits per heavy atom. The van der Waals surface area contributed by atoms with Gasteiger partial charge in [0.15, 0.2) is 5.76 Å². The van der Waals surface area contributed by atoms with Gasteiger partial charge in [-0.2, -0.15) is 0 Å². The highest BCUT2D eigenvalue weighted by atomic mass is 79.9. The number of hydrogen-bond acceptors (Lipinski definition) is 3. The summed E-state index contributed by atoms with van der Waals surface area (Å²) in [4.78, 5) is 17.9. The molecule has 4 aromatic rings. The van der Waals surface area contributed by atoms with E-state index < -0.39 is 5.41 Å². The maximum absolute atomic E-state index is 13.1. The van der Waals surface area contributed by atoms with E-state index in [1.807, 2.05) is 69.3 Å². The first-order valence-corrected chi connectivity index (χ1v) is 12.6. The number of hydrogen-bond donors (Lipinski definition) is 0. The number of carbonyl (C=O) groups is 1. The average Bonchev–Trinajstić information content (AvgIpc) is 3.09. The molecule has 0 unspecified atom stereocenters. The van der Waals surface area contributed by atoms with Crippen molar-refractivity contribution in [3.8, 4) is 22.4 Å². The second kappa shape index (κ2) is 8.94. The van der Waals surface area contributed by atoms with Crippen molar-refractivity contribution in [2.45, 2.75) is 26.1 Å². The quantitative estimate of drug-likeness (QED) is 0.174. The van der Waals surface area contributed by atoms with Crippen molar-refractivity contribution in [3.05, 3.63) is 74.4 Å². The van der Waals surface area contributed by atoms with Crippen LogP contribution in [-0.4, -0.2) is 10.8 Å². The number of fused-ring (bicyclic) bond motifs is 1. The van der Waals surface area contributed by atoms with Gasteiger partial charge in [-0.25, -0.2) is 4.98 Å². The van der Waals surface area contributed by atoms with Gasteiger partial charge in [0.25, 0.3) is 0 Å². The van der Waals surface area contributed by atoms with Gasteiger partial charge in [0.2, 0.25) is 11.5 Å². The third kappa shape index (κ3) is 4.41. The molecule has 0 spiro atoms. The summed E-state index contributed by atoms with van der Waals surface area (Å²) in [6.07, 6.45) is 0. The molecular formula is C25H19Br2Cl2NO2. The minimum atomic E-state index is -0.582. The Morgan fingerprint density at radius 3 is 2.31 bits per heavy atom. The Bertz CT molecular complexity index is 1340. The van der Waals surface area contributed by atoms with Crippen LogP contribution in [0, 0.1) is 5.41 Å². The van der Waals surface area contributed by atoms with E-state index >= 15 is 0 Å². The second-order valence-electron chi connectivity index (χ2n) is 8.49. The van der Waals surface area contributed by atoms with Crippen molar-refractivity contribution >= 4 is 71.9 Å². The Hall–Kier alpha value is -1.66. The summed E-state index contributed by atoms with van der Waals surface area (Å²) in [5.41, 5.74) is 3.85. The Balaban J connectivity index is 2.06. The van der Waals surface area contributed by atoms with Gasteiger partial charge < -0.3 is 4.42 Å². The zero-order chi connectivity index (χ0) is 23.2. The molecule has 0 N–H and O–H groups in total. The standard InChI is InChI=1S/C25H19Br2Cl2NO2/c1-25(2,3)23(31)22-19(12-26)18-11-17(13-4-7-15(28)8-5-13)21(30-24(18)32-22)16-9-6-14(27)10-20(16)29/h4-11H,12H2,1-3H3. The van der Waals surface area contributed by atoms with E-state index in [2.05, 4.69) is 31.9 Å². The number of halogens is 4. The lowest BCUT2D eigenvalue weighted by molar-refractivity contribution is 0.0829. The van der Waals surface area contributed by atoms with Crippen molar-refractivity contribution in [3.63, 3.8) is 0 Å². The van der Waals surface area contributed by atoms with E-state index in [0.29, 0.717) is 32.5 Å². The van der Waals surface area contributed by atoms with Crippen molar-refractivity contribution < 1.29 is 9.21 Å². The summed E-state index contributed by atoms with van der Waals surface area (Å²) in [5.74, 6) is 0.263. The monoisotopic (exact) mass is 593 g/mol. The number of nitrogens with zero attached hydrogens (tertiary/aromatic N) is 1. The van der Waals surface area contributed by atoms with E-state index in [1.54, 1.807) is 0 Å². The normalized spacial score (nSPS) is 11.8. The topological polar surface area (TPSA) is 43.1 Å². The summed E-state index contributed by atoms with van der Waals surface area (Å²) < 4.78 is 6.92. The molecule has 0 amide bonds. The minimum absolute atomic E-state index is 0.0683. The van der Waals surface area contributed by atoms with E-state index in [-0.39, 0.29) is 5.78 Å². The lowest BCUT2D eigenvalue weighted by Crippen LogP contribution is -2.20. The van der Waals surface area contributed by atoms with Crippen LogP contribution in [0.1, 0.15) is 36.9 Å². The zero-order valence-corrected chi connectivity index (χ0v) is 22.3. The van der Waals surface area contributed by atoms with Crippen molar-refractivity contribution in [2.75, 3.05) is 0 Å². The first-order valence-electron chi connectivity index (χ1n) is 9.88. The molecular weight excluding hydrogens is 577 g/mol. The van der Waals surface area contributed by atoms with Crippen molar-refractivity contribution in [1.82, 2.24) is 4.98 Å². The van der Waals surface area contributed by atoms with Gasteiger partial charge in [-0.1, -0.05) is 94.0 Å². The second-order valence-corrected chi connectivity index (χ2v) is 10.8. The highest BCUT2D eigenvalue weighted by Gasteiger charge is 2.30. The summed E-state index contributed by atoms with van der Waals surface area (Å²) in [6, 6.07) is 15.2. The molecule has 2 aromatic carbocycles. The molecule has 0 radical (unpaired) electrons. The highest BCUT2D eigenvalue weighted by Crippen LogP contribution is 2.41. The molecule has 0 aliphatic rings. The maximum atomic E-state index is 13.1. The number of aromatic nitrogens is 1. The lowest BCUT2D eigenvalue weighted by Gasteiger charge is -2.15. The SMILES string of the molecule is CC(C)(C)C(=O)c1oc2nc(-c3ccc(Br)cc3Cl)c(-c3ccc(Cl)cc3)cc2c1CBr. The molecule has 2 aromatic heterocycles. The number of ketones is 1. The van der Waals surface area contributed by atoms with E-state index in [4.69, 9.17) is 32.6 Å². The van der Waals surface area contributed by atoms with E-state index in [0.717, 1.165) is 32.1 Å². The van der Waals surface area contributed by atoms with Gasteiger partial charge in [-0.05, 0) is 35.9 Å². The number of Topliss-reactive ketones (excluding diaryl/α,β-unsaturated/α-hetero) is 1. The molecule has 7 heteroatoms. The molecule has 0 saturated heterocycles. The van der Waals surface area contributed by atoms with Crippen LogP contribution in [-0.2, 0) is 5.33 Å². The number of carbonyl (C=O) groups excluding carboxylic acids is 1. The van der Waals surface area contributed by atoms with Gasteiger partial charge in [0.1, 0.15) is 0 Å². The molecule has 2 heterocycles. The molecule has 0 bridgehead atoms. The van der Waals surface area contributed by atoms with Gasteiger partial charge in [-0.3, -0.25) is 4.79 Å². The number of benzene rings is 2. The molecule has 0 saturated carbocycles. The number of alkyl halides is 1. The van der Waals surface area contributed by atoms with Crippen molar-refractivity contribution in [1.29, 1.82) is 0 Å². The smallest absolute Gasteiger partial charge is 0.227 e. The van der Waals surface area contributed by atoms with Gasteiger partial charge in [0, 0.05) is 42.3 Å². The Kier molecular flexibility index (Phi) is 6.56. The van der Waals surface area contributed by atoms with Gasteiger partial charge in [-0.15, -0.1) is 0 Å². The summed E-state index contributed by atoms with van der Waals surface area (Å²) in [5, 5.41) is 2.46. The molecule has 32 heavy (non-hydrogen) atoms. The zero-order valence-electron chi connectivity index (χ0n) is 17.6. The molecule has 0 aliphatic heterocycles. The predicted molar refractivity (Wildman–Crippen MR) is 139 cm³/mol. The molecule has 164 valence electrons. The molecule has 3 nitrogen and oxygen atoms in total.